The van der Waals surface area contributed by atoms with Crippen LogP contribution < -0.4 is 11.1 Å². The standard InChI is InChI=1S/C13H21N3O/c1-4-10(5-2)9(3)16-11-6-7-15-12(8-11)13(14)17/h6-10H,4-5H2,1-3H3,(H2,14,17)(H,15,16). The fourth-order valence-electron chi connectivity index (χ4n) is 2.03. The zero-order chi connectivity index (χ0) is 12.8. The first-order chi connectivity index (χ1) is 8.08. The first kappa shape index (κ1) is 13.5. The molecule has 0 aliphatic heterocycles. The number of hydrogen-bond donors (Lipinski definition) is 2. The Kier molecular flexibility index (Phi) is 4.94. The zero-order valence-electron chi connectivity index (χ0n) is 10.7. The van der Waals surface area contributed by atoms with Crippen molar-refractivity contribution in [2.45, 2.75) is 39.7 Å². The van der Waals surface area contributed by atoms with E-state index in [1.165, 1.54) is 0 Å². The SMILES string of the molecule is CCC(CC)C(C)Nc1ccnc(C(N)=O)c1. The van der Waals surface area contributed by atoms with Crippen molar-refractivity contribution in [3.8, 4) is 0 Å². The van der Waals surface area contributed by atoms with E-state index in [1.54, 1.807) is 12.3 Å². The van der Waals surface area contributed by atoms with Crippen LogP contribution in [0.1, 0.15) is 44.1 Å². The maximum absolute atomic E-state index is 11.0. The number of primary amides is 1. The Balaban J connectivity index is 2.74. The minimum atomic E-state index is -0.496. The molecule has 1 aromatic heterocycles. The van der Waals surface area contributed by atoms with Crippen LogP contribution in [0, 0.1) is 5.92 Å². The molecule has 0 aliphatic rings. The Morgan fingerprint density at radius 2 is 2.12 bits per heavy atom. The molecule has 1 amide bonds. The van der Waals surface area contributed by atoms with Crippen LogP contribution in [0.3, 0.4) is 0 Å². The summed E-state index contributed by atoms with van der Waals surface area (Å²) in [6.45, 7) is 6.53. The van der Waals surface area contributed by atoms with E-state index in [1.807, 2.05) is 6.07 Å². The Bertz CT molecular complexity index is 375. The van der Waals surface area contributed by atoms with Gasteiger partial charge in [0.1, 0.15) is 5.69 Å². The molecule has 94 valence electrons. The molecule has 0 fully saturated rings. The van der Waals surface area contributed by atoms with Gasteiger partial charge in [-0.05, 0) is 25.0 Å². The maximum atomic E-state index is 11.0. The highest BCUT2D eigenvalue weighted by molar-refractivity contribution is 5.91. The van der Waals surface area contributed by atoms with Gasteiger partial charge in [0.2, 0.25) is 0 Å². The number of nitrogens with one attached hydrogen (secondary N) is 1. The van der Waals surface area contributed by atoms with Crippen molar-refractivity contribution in [1.29, 1.82) is 0 Å². The number of pyridine rings is 1. The van der Waals surface area contributed by atoms with E-state index < -0.39 is 5.91 Å². The van der Waals surface area contributed by atoms with E-state index >= 15 is 0 Å². The fourth-order valence-corrected chi connectivity index (χ4v) is 2.03. The molecule has 3 N–H and O–H groups in total. The Hall–Kier alpha value is -1.58. The average Bonchev–Trinajstić information content (AvgIpc) is 2.30. The van der Waals surface area contributed by atoms with Gasteiger partial charge in [-0.1, -0.05) is 26.7 Å². The predicted octanol–water partition coefficient (Wildman–Crippen LogP) is 2.42. The molecule has 1 aromatic rings. The van der Waals surface area contributed by atoms with Crippen molar-refractivity contribution in [2.24, 2.45) is 11.7 Å². The fraction of sp³-hybridized carbons (Fsp3) is 0.538. The van der Waals surface area contributed by atoms with E-state index in [0.29, 0.717) is 17.7 Å². The summed E-state index contributed by atoms with van der Waals surface area (Å²) in [5, 5.41) is 3.39. The van der Waals surface area contributed by atoms with Crippen molar-refractivity contribution in [3.63, 3.8) is 0 Å². The van der Waals surface area contributed by atoms with Crippen LogP contribution in [-0.2, 0) is 0 Å². The van der Waals surface area contributed by atoms with Crippen LogP contribution >= 0.6 is 0 Å². The summed E-state index contributed by atoms with van der Waals surface area (Å²) in [7, 11) is 0. The maximum Gasteiger partial charge on any atom is 0.267 e. The van der Waals surface area contributed by atoms with Crippen LogP contribution in [0.15, 0.2) is 18.3 Å². The van der Waals surface area contributed by atoms with Gasteiger partial charge in [0.25, 0.3) is 5.91 Å². The molecule has 1 unspecified atom stereocenters. The molecule has 4 nitrogen and oxygen atoms in total. The normalized spacial score (nSPS) is 12.5. The molecule has 0 saturated heterocycles. The lowest BCUT2D eigenvalue weighted by Gasteiger charge is -2.23. The third-order valence-electron chi connectivity index (χ3n) is 3.16. The zero-order valence-corrected chi connectivity index (χ0v) is 10.7. The molecule has 4 heteroatoms. The number of nitrogens with two attached hydrogens (primary N) is 1. The highest BCUT2D eigenvalue weighted by Crippen LogP contribution is 2.18. The lowest BCUT2D eigenvalue weighted by Crippen LogP contribution is -2.25. The summed E-state index contributed by atoms with van der Waals surface area (Å²) in [5.74, 6) is 0.129. The van der Waals surface area contributed by atoms with Gasteiger partial charge in [-0.2, -0.15) is 0 Å². The summed E-state index contributed by atoms with van der Waals surface area (Å²) in [6, 6.07) is 3.92. The summed E-state index contributed by atoms with van der Waals surface area (Å²) in [5.41, 5.74) is 6.39. The highest BCUT2D eigenvalue weighted by atomic mass is 16.1. The van der Waals surface area contributed by atoms with E-state index in [9.17, 15) is 4.79 Å². The molecule has 0 spiro atoms. The van der Waals surface area contributed by atoms with Crippen molar-refractivity contribution < 1.29 is 4.79 Å². The van der Waals surface area contributed by atoms with Gasteiger partial charge in [-0.25, -0.2) is 0 Å². The van der Waals surface area contributed by atoms with Crippen molar-refractivity contribution >= 4 is 11.6 Å². The van der Waals surface area contributed by atoms with Crippen LogP contribution in [0.4, 0.5) is 5.69 Å². The largest absolute Gasteiger partial charge is 0.382 e. The van der Waals surface area contributed by atoms with Crippen LogP contribution in [0.2, 0.25) is 0 Å². The summed E-state index contributed by atoms with van der Waals surface area (Å²) >= 11 is 0. The van der Waals surface area contributed by atoms with Gasteiger partial charge in [-0.15, -0.1) is 0 Å². The topological polar surface area (TPSA) is 68.0 Å². The van der Waals surface area contributed by atoms with Crippen LogP contribution in [-0.4, -0.2) is 16.9 Å². The molecule has 17 heavy (non-hydrogen) atoms. The summed E-state index contributed by atoms with van der Waals surface area (Å²) in [4.78, 5) is 14.9. The van der Waals surface area contributed by atoms with E-state index in [-0.39, 0.29) is 0 Å². The first-order valence-electron chi connectivity index (χ1n) is 6.10. The minimum absolute atomic E-state index is 0.298. The number of amides is 1. The van der Waals surface area contributed by atoms with Crippen molar-refractivity contribution in [2.75, 3.05) is 5.32 Å². The number of nitrogens with zero attached hydrogens (tertiary/aromatic N) is 1. The number of carbonyl (C=O) groups excluding carboxylic acids is 1. The molecule has 0 aliphatic carbocycles. The lowest BCUT2D eigenvalue weighted by atomic mass is 9.95. The lowest BCUT2D eigenvalue weighted by molar-refractivity contribution is 0.0995. The monoisotopic (exact) mass is 235 g/mol. The van der Waals surface area contributed by atoms with E-state index in [2.05, 4.69) is 31.1 Å². The second kappa shape index (κ2) is 6.23. The van der Waals surface area contributed by atoms with E-state index in [0.717, 1.165) is 18.5 Å². The van der Waals surface area contributed by atoms with Crippen molar-refractivity contribution in [1.82, 2.24) is 4.98 Å². The molecular weight excluding hydrogens is 214 g/mol. The Morgan fingerprint density at radius 1 is 1.47 bits per heavy atom. The molecule has 1 heterocycles. The highest BCUT2D eigenvalue weighted by Gasteiger charge is 2.13. The Labute approximate surface area is 103 Å². The van der Waals surface area contributed by atoms with Gasteiger partial charge in [0.05, 0.1) is 0 Å². The average molecular weight is 235 g/mol. The number of hydrogen-bond acceptors (Lipinski definition) is 3. The smallest absolute Gasteiger partial charge is 0.267 e. The molecular formula is C13H21N3O. The molecule has 0 saturated carbocycles. The van der Waals surface area contributed by atoms with Crippen LogP contribution in [0.5, 0.6) is 0 Å². The van der Waals surface area contributed by atoms with Gasteiger partial charge in [0, 0.05) is 17.9 Å². The van der Waals surface area contributed by atoms with Crippen LogP contribution in [0.25, 0.3) is 0 Å². The van der Waals surface area contributed by atoms with Gasteiger partial charge < -0.3 is 11.1 Å². The third-order valence-corrected chi connectivity index (χ3v) is 3.16. The summed E-state index contributed by atoms with van der Waals surface area (Å²) < 4.78 is 0. The number of anilines is 1. The number of carbonyl (C=O) groups is 1. The summed E-state index contributed by atoms with van der Waals surface area (Å²) in [6.07, 6.45) is 3.87. The molecule has 0 bridgehead atoms. The Morgan fingerprint density at radius 3 is 2.65 bits per heavy atom. The van der Waals surface area contributed by atoms with Gasteiger partial charge in [-0.3, -0.25) is 9.78 Å². The third kappa shape index (κ3) is 3.73. The minimum Gasteiger partial charge on any atom is -0.382 e. The second-order valence-corrected chi connectivity index (χ2v) is 4.30. The molecule has 0 aromatic carbocycles. The molecule has 1 rings (SSSR count). The van der Waals surface area contributed by atoms with Gasteiger partial charge in [0.15, 0.2) is 0 Å². The second-order valence-electron chi connectivity index (χ2n) is 4.30. The predicted molar refractivity (Wildman–Crippen MR) is 69.9 cm³/mol. The van der Waals surface area contributed by atoms with Gasteiger partial charge >= 0.3 is 0 Å². The van der Waals surface area contributed by atoms with Crippen molar-refractivity contribution in [3.05, 3.63) is 24.0 Å². The number of aromatic nitrogens is 1. The number of rotatable bonds is 6. The molecule has 0 radical (unpaired) electrons. The quantitative estimate of drug-likeness (QED) is 0.795. The first-order valence-corrected chi connectivity index (χ1v) is 6.10. The molecule has 1 atom stereocenters. The van der Waals surface area contributed by atoms with E-state index in [4.69, 9.17) is 5.73 Å².